The monoisotopic (exact) mass is 753 g/mol. The summed E-state index contributed by atoms with van der Waals surface area (Å²) in [5.41, 5.74) is 2.97. The third-order valence-corrected chi connectivity index (χ3v) is 13.2. The van der Waals surface area contributed by atoms with Crippen molar-refractivity contribution >= 4 is 41.0 Å². The van der Waals surface area contributed by atoms with Crippen LogP contribution in [0.15, 0.2) is 45.3 Å². The molecule has 4 nitrogen and oxygen atoms in total. The van der Waals surface area contributed by atoms with Crippen molar-refractivity contribution in [2.45, 2.75) is 188 Å². The fraction of sp³-hybridized carbons (Fsp3) is 0.739. The van der Waals surface area contributed by atoms with Crippen LogP contribution in [0.4, 0.5) is 0 Å². The molecular formula is C46H76N2O2S2. The first-order valence-corrected chi connectivity index (χ1v) is 23.8. The lowest BCUT2D eigenvalue weighted by atomic mass is 9.93. The molecule has 0 aromatic carbocycles. The van der Waals surface area contributed by atoms with E-state index >= 15 is 0 Å². The highest BCUT2D eigenvalue weighted by molar-refractivity contribution is 8.03. The second-order valence-electron chi connectivity index (χ2n) is 15.7. The minimum absolute atomic E-state index is 0.0262. The van der Waals surface area contributed by atoms with E-state index in [-0.39, 0.29) is 5.91 Å². The Hall–Kier alpha value is -1.79. The van der Waals surface area contributed by atoms with Gasteiger partial charge in [-0.05, 0) is 55.4 Å². The van der Waals surface area contributed by atoms with Crippen LogP contribution in [0.5, 0.6) is 0 Å². The Labute approximate surface area is 328 Å². The third-order valence-electron chi connectivity index (χ3n) is 11.2. The van der Waals surface area contributed by atoms with Crippen LogP contribution in [0.25, 0.3) is 5.70 Å². The Bertz CT molecular complexity index is 1220. The standard InChI is InChI=1S/C46H76N2O2S2/c1-5-9-13-17-19-23-28-38(27-21-15-11-7-3)35-47-44(41-31-25-33-51-41)43-40(37-49)45(42-32-26-34-52-42)48(46(43)50)36-39(29-22-16-12-8-4)30-24-20-18-14-10-6-2/h26,31-32,34,37-39,47H,5-25,27-30,33,35-36H2,1-4H3/b44-43+. The Kier molecular flexibility index (Phi) is 23.8. The highest BCUT2D eigenvalue weighted by atomic mass is 32.2. The van der Waals surface area contributed by atoms with E-state index < -0.39 is 0 Å². The molecule has 294 valence electrons. The molecule has 0 bridgehead atoms. The molecule has 6 heteroatoms. The molecule has 0 aliphatic carbocycles. The minimum Gasteiger partial charge on any atom is -0.383 e. The average Bonchev–Trinajstić information content (AvgIpc) is 3.94. The van der Waals surface area contributed by atoms with Gasteiger partial charge in [0.25, 0.3) is 5.91 Å². The lowest BCUT2D eigenvalue weighted by Crippen LogP contribution is -2.32. The van der Waals surface area contributed by atoms with Gasteiger partial charge in [-0.15, -0.1) is 23.1 Å². The highest BCUT2D eigenvalue weighted by Gasteiger charge is 2.40. The van der Waals surface area contributed by atoms with Gasteiger partial charge in [-0.25, -0.2) is 0 Å². The van der Waals surface area contributed by atoms with E-state index in [4.69, 9.17) is 0 Å². The number of rotatable bonds is 32. The Morgan fingerprint density at radius 2 is 1.27 bits per heavy atom. The predicted octanol–water partition coefficient (Wildman–Crippen LogP) is 14.0. The predicted molar refractivity (Wildman–Crippen MR) is 230 cm³/mol. The Balaban J connectivity index is 1.91. The number of aldehydes is 1. The molecule has 0 saturated carbocycles. The summed E-state index contributed by atoms with van der Waals surface area (Å²) in [7, 11) is 0. The summed E-state index contributed by atoms with van der Waals surface area (Å²) in [6.07, 6.45) is 34.8. The quantitative estimate of drug-likeness (QED) is 0.0452. The van der Waals surface area contributed by atoms with Crippen LogP contribution in [0.3, 0.4) is 0 Å². The lowest BCUT2D eigenvalue weighted by molar-refractivity contribution is -0.123. The molecule has 1 amide bonds. The van der Waals surface area contributed by atoms with Gasteiger partial charge in [-0.2, -0.15) is 0 Å². The first kappa shape index (κ1) is 44.6. The number of nitrogens with one attached hydrogen (secondary N) is 1. The SMILES string of the molecule is CCCCCCCCC(CCCCCC)CN/C(C1=CCCS1)=C1/C(=O)N(CC(CCCCCC)CCCCCCCC)C(c2cccs2)=C1C=O. The van der Waals surface area contributed by atoms with Crippen LogP contribution >= 0.6 is 23.1 Å². The molecule has 2 aliphatic heterocycles. The number of allylic oxidation sites excluding steroid dienone is 1. The molecular weight excluding hydrogens is 677 g/mol. The molecule has 2 unspecified atom stereocenters. The molecule has 1 aromatic heterocycles. The van der Waals surface area contributed by atoms with E-state index in [2.05, 4.69) is 56.6 Å². The topological polar surface area (TPSA) is 49.4 Å². The number of amides is 1. The number of thiophene rings is 1. The van der Waals surface area contributed by atoms with Crippen molar-refractivity contribution in [2.24, 2.45) is 11.8 Å². The zero-order valence-electron chi connectivity index (χ0n) is 33.9. The zero-order valence-corrected chi connectivity index (χ0v) is 35.6. The molecule has 0 saturated heterocycles. The lowest BCUT2D eigenvalue weighted by Gasteiger charge is -2.27. The number of hydrogen-bond acceptors (Lipinski definition) is 5. The second kappa shape index (κ2) is 27.7. The summed E-state index contributed by atoms with van der Waals surface area (Å²) in [4.78, 5) is 32.4. The van der Waals surface area contributed by atoms with Crippen molar-refractivity contribution in [3.05, 3.63) is 50.2 Å². The van der Waals surface area contributed by atoms with Gasteiger partial charge in [0, 0.05) is 23.7 Å². The first-order chi connectivity index (χ1) is 25.6. The molecule has 1 aromatic rings. The van der Waals surface area contributed by atoms with Gasteiger partial charge < -0.3 is 10.2 Å². The summed E-state index contributed by atoms with van der Waals surface area (Å²) >= 11 is 3.49. The van der Waals surface area contributed by atoms with Crippen molar-refractivity contribution in [1.82, 2.24) is 10.2 Å². The fourth-order valence-electron chi connectivity index (χ4n) is 8.04. The first-order valence-electron chi connectivity index (χ1n) is 22.0. The molecule has 3 rings (SSSR count). The maximum atomic E-state index is 14.9. The molecule has 52 heavy (non-hydrogen) atoms. The minimum atomic E-state index is 0.0262. The number of nitrogens with zero attached hydrogens (tertiary/aromatic N) is 1. The maximum Gasteiger partial charge on any atom is 0.261 e. The normalized spacial score (nSPS) is 16.9. The summed E-state index contributed by atoms with van der Waals surface area (Å²) in [5.74, 6) is 2.07. The number of hydrogen-bond donors (Lipinski definition) is 1. The molecule has 0 spiro atoms. The molecule has 3 heterocycles. The third kappa shape index (κ3) is 15.5. The molecule has 0 fully saturated rings. The van der Waals surface area contributed by atoms with Gasteiger partial charge in [0.05, 0.1) is 27.4 Å². The fourth-order valence-corrected chi connectivity index (χ4v) is 9.84. The van der Waals surface area contributed by atoms with E-state index in [1.165, 1.54) is 141 Å². The van der Waals surface area contributed by atoms with Gasteiger partial charge in [-0.3, -0.25) is 9.59 Å². The number of carbonyl (C=O) groups excluding carboxylic acids is 2. The number of unbranched alkanes of at least 4 members (excludes halogenated alkanes) is 16. The van der Waals surface area contributed by atoms with Crippen molar-refractivity contribution < 1.29 is 9.59 Å². The van der Waals surface area contributed by atoms with Crippen molar-refractivity contribution in [2.75, 3.05) is 18.8 Å². The van der Waals surface area contributed by atoms with Crippen LogP contribution in [0.2, 0.25) is 0 Å². The largest absolute Gasteiger partial charge is 0.383 e. The van der Waals surface area contributed by atoms with Crippen LogP contribution in [0, 0.1) is 11.8 Å². The highest BCUT2D eigenvalue weighted by Crippen LogP contribution is 2.42. The maximum absolute atomic E-state index is 14.9. The van der Waals surface area contributed by atoms with E-state index in [9.17, 15) is 9.59 Å². The van der Waals surface area contributed by atoms with Crippen LogP contribution in [-0.2, 0) is 9.59 Å². The summed E-state index contributed by atoms with van der Waals surface area (Å²) < 4.78 is 0. The van der Waals surface area contributed by atoms with Gasteiger partial charge in [0.2, 0.25) is 0 Å². The molecule has 2 aliphatic rings. The van der Waals surface area contributed by atoms with Gasteiger partial charge in [0.15, 0.2) is 6.29 Å². The van der Waals surface area contributed by atoms with E-state index in [1.807, 2.05) is 16.7 Å². The number of thioether (sulfide) groups is 1. The van der Waals surface area contributed by atoms with Crippen LogP contribution in [-0.4, -0.2) is 35.9 Å². The van der Waals surface area contributed by atoms with Crippen molar-refractivity contribution in [1.29, 1.82) is 0 Å². The van der Waals surface area contributed by atoms with Crippen molar-refractivity contribution in [3.63, 3.8) is 0 Å². The van der Waals surface area contributed by atoms with Crippen LogP contribution in [0.1, 0.15) is 193 Å². The molecule has 1 N–H and O–H groups in total. The average molecular weight is 753 g/mol. The van der Waals surface area contributed by atoms with Gasteiger partial charge in [-0.1, -0.05) is 168 Å². The zero-order chi connectivity index (χ0) is 37.2. The van der Waals surface area contributed by atoms with Crippen molar-refractivity contribution in [3.8, 4) is 0 Å². The van der Waals surface area contributed by atoms with E-state index in [0.29, 0.717) is 29.5 Å². The Morgan fingerprint density at radius 3 is 1.75 bits per heavy atom. The summed E-state index contributed by atoms with van der Waals surface area (Å²) in [6, 6.07) is 4.15. The molecule has 2 atom stereocenters. The molecule has 0 radical (unpaired) electrons. The van der Waals surface area contributed by atoms with E-state index in [1.54, 1.807) is 11.3 Å². The van der Waals surface area contributed by atoms with Crippen LogP contribution < -0.4 is 5.32 Å². The van der Waals surface area contributed by atoms with Gasteiger partial charge in [0.1, 0.15) is 0 Å². The Morgan fingerprint density at radius 1 is 0.750 bits per heavy atom. The van der Waals surface area contributed by atoms with Gasteiger partial charge >= 0.3 is 0 Å². The smallest absolute Gasteiger partial charge is 0.261 e. The summed E-state index contributed by atoms with van der Waals surface area (Å²) in [5, 5.41) is 5.98. The number of carbonyl (C=O) groups is 2. The van der Waals surface area contributed by atoms with E-state index in [0.717, 1.165) is 59.0 Å². The second-order valence-corrected chi connectivity index (χ2v) is 17.7. The summed E-state index contributed by atoms with van der Waals surface area (Å²) in [6.45, 7) is 10.7.